The van der Waals surface area contributed by atoms with Crippen molar-refractivity contribution in [2.24, 2.45) is 10.8 Å². The highest BCUT2D eigenvalue weighted by Crippen LogP contribution is 2.44. The minimum absolute atomic E-state index is 0.113. The highest BCUT2D eigenvalue weighted by Gasteiger charge is 2.42. The Bertz CT molecular complexity index is 1030. The Morgan fingerprint density at radius 1 is 1.32 bits per heavy atom. The van der Waals surface area contributed by atoms with Gasteiger partial charge in [0.25, 0.3) is 5.91 Å². The third kappa shape index (κ3) is 3.83. The molecule has 0 spiro atoms. The number of carbonyl (C=O) groups excluding carboxylic acids is 2. The van der Waals surface area contributed by atoms with Crippen molar-refractivity contribution < 1.29 is 14.0 Å². The van der Waals surface area contributed by atoms with Crippen LogP contribution in [0.2, 0.25) is 5.02 Å². The molecular weight excluding hydrogens is 376 g/mol. The number of furan rings is 1. The third-order valence-electron chi connectivity index (χ3n) is 5.37. The van der Waals surface area contributed by atoms with Crippen molar-refractivity contribution in [2.45, 2.75) is 33.6 Å². The number of amides is 1. The average molecular weight is 399 g/mol. The highest BCUT2D eigenvalue weighted by atomic mass is 35.5. The maximum Gasteiger partial charge on any atom is 0.289 e. The maximum atomic E-state index is 12.8. The van der Waals surface area contributed by atoms with Crippen LogP contribution in [0.3, 0.4) is 0 Å². The van der Waals surface area contributed by atoms with E-state index in [9.17, 15) is 14.9 Å². The first-order valence-electron chi connectivity index (χ1n) is 9.17. The molecule has 0 unspecified atom stereocenters. The van der Waals surface area contributed by atoms with Crippen molar-refractivity contribution in [1.29, 1.82) is 5.26 Å². The fourth-order valence-corrected chi connectivity index (χ4v) is 4.18. The zero-order chi connectivity index (χ0) is 20.7. The van der Waals surface area contributed by atoms with Crippen LogP contribution >= 0.6 is 11.6 Å². The molecule has 0 bridgehead atoms. The summed E-state index contributed by atoms with van der Waals surface area (Å²) in [7, 11) is 1.72. The van der Waals surface area contributed by atoms with Crippen LogP contribution in [0.4, 0.5) is 0 Å². The standard InChI is InChI=1S/C22H23ClN2O3/c1-21(2)13-22(3,11-15(12-24)19(21)26)7-8-25(4)20(27)18-10-14-9-16(23)5-6-17(14)28-18/h5-6,9-11H,7-8,13H2,1-4H3/t22-/m1/s1. The molecule has 0 fully saturated rings. The van der Waals surface area contributed by atoms with Gasteiger partial charge in [-0.25, -0.2) is 0 Å². The zero-order valence-electron chi connectivity index (χ0n) is 16.5. The zero-order valence-corrected chi connectivity index (χ0v) is 17.3. The summed E-state index contributed by atoms with van der Waals surface area (Å²) in [6, 6.07) is 8.94. The Kier molecular flexibility index (Phi) is 5.12. The highest BCUT2D eigenvalue weighted by molar-refractivity contribution is 6.31. The molecule has 0 saturated heterocycles. The smallest absolute Gasteiger partial charge is 0.289 e. The van der Waals surface area contributed by atoms with Gasteiger partial charge in [0.1, 0.15) is 11.7 Å². The van der Waals surface area contributed by atoms with Gasteiger partial charge in [0.2, 0.25) is 0 Å². The molecule has 2 aromatic rings. The Hall–Kier alpha value is -2.58. The van der Waals surface area contributed by atoms with Gasteiger partial charge in [-0.3, -0.25) is 9.59 Å². The van der Waals surface area contributed by atoms with E-state index < -0.39 is 5.41 Å². The molecule has 0 N–H and O–H groups in total. The quantitative estimate of drug-likeness (QED) is 0.725. The monoisotopic (exact) mass is 398 g/mol. The lowest BCUT2D eigenvalue weighted by Gasteiger charge is -2.39. The molecule has 0 aliphatic heterocycles. The van der Waals surface area contributed by atoms with E-state index in [0.29, 0.717) is 30.0 Å². The van der Waals surface area contributed by atoms with Gasteiger partial charge in [-0.05, 0) is 42.5 Å². The fraction of sp³-hybridized carbons (Fsp3) is 0.409. The number of ketones is 1. The van der Waals surface area contributed by atoms with E-state index in [1.807, 2.05) is 26.8 Å². The van der Waals surface area contributed by atoms with Crippen LogP contribution in [-0.4, -0.2) is 30.2 Å². The van der Waals surface area contributed by atoms with Gasteiger partial charge in [0.05, 0.1) is 5.57 Å². The Labute approximate surface area is 169 Å². The van der Waals surface area contributed by atoms with E-state index in [1.54, 1.807) is 42.3 Å². The van der Waals surface area contributed by atoms with Crippen LogP contribution in [0.15, 0.2) is 40.3 Å². The molecule has 1 aromatic heterocycles. The summed E-state index contributed by atoms with van der Waals surface area (Å²) in [5, 5.41) is 10.7. The number of Topliss-reactive ketones (excluding diaryl/α,β-unsaturated/α-hetero) is 1. The molecule has 1 aliphatic carbocycles. The van der Waals surface area contributed by atoms with Gasteiger partial charge in [-0.1, -0.05) is 38.4 Å². The summed E-state index contributed by atoms with van der Waals surface area (Å²) < 4.78 is 5.66. The van der Waals surface area contributed by atoms with Crippen LogP contribution in [-0.2, 0) is 4.79 Å². The van der Waals surface area contributed by atoms with Gasteiger partial charge >= 0.3 is 0 Å². The molecule has 1 atom stereocenters. The minimum atomic E-state index is -0.588. The fourth-order valence-electron chi connectivity index (χ4n) is 4.00. The summed E-state index contributed by atoms with van der Waals surface area (Å²) in [5.74, 6) is -0.0678. The van der Waals surface area contributed by atoms with Gasteiger partial charge in [0, 0.05) is 29.4 Å². The lowest BCUT2D eigenvalue weighted by Crippen LogP contribution is -2.39. The van der Waals surface area contributed by atoms with E-state index in [-0.39, 0.29) is 28.4 Å². The van der Waals surface area contributed by atoms with Crippen LogP contribution in [0.25, 0.3) is 11.0 Å². The second-order valence-corrected chi connectivity index (χ2v) is 8.92. The number of rotatable bonds is 4. The molecule has 1 heterocycles. The van der Waals surface area contributed by atoms with Crippen molar-refractivity contribution in [1.82, 2.24) is 4.90 Å². The number of hydrogen-bond acceptors (Lipinski definition) is 4. The van der Waals surface area contributed by atoms with Gasteiger partial charge in [0.15, 0.2) is 11.5 Å². The molecule has 5 nitrogen and oxygen atoms in total. The number of halogens is 1. The van der Waals surface area contributed by atoms with Crippen LogP contribution in [0.5, 0.6) is 0 Å². The van der Waals surface area contributed by atoms with E-state index in [0.717, 1.165) is 5.39 Å². The van der Waals surface area contributed by atoms with Crippen LogP contribution < -0.4 is 0 Å². The molecule has 0 radical (unpaired) electrons. The molecular formula is C22H23ClN2O3. The molecule has 3 rings (SSSR count). The lowest BCUT2D eigenvalue weighted by molar-refractivity contribution is -0.125. The topological polar surface area (TPSA) is 74.3 Å². The first-order valence-corrected chi connectivity index (χ1v) is 9.55. The van der Waals surface area contributed by atoms with Crippen molar-refractivity contribution in [2.75, 3.05) is 13.6 Å². The predicted octanol–water partition coefficient (Wildman–Crippen LogP) is 5.00. The van der Waals surface area contributed by atoms with E-state index >= 15 is 0 Å². The lowest BCUT2D eigenvalue weighted by atomic mass is 9.64. The second-order valence-electron chi connectivity index (χ2n) is 8.48. The van der Waals surface area contributed by atoms with Crippen molar-refractivity contribution in [3.63, 3.8) is 0 Å². The van der Waals surface area contributed by atoms with Gasteiger partial charge < -0.3 is 9.32 Å². The number of nitrogens with zero attached hydrogens (tertiary/aromatic N) is 2. The summed E-state index contributed by atoms with van der Waals surface area (Å²) in [4.78, 5) is 26.7. The first-order chi connectivity index (χ1) is 13.0. The molecule has 6 heteroatoms. The Morgan fingerprint density at radius 3 is 2.71 bits per heavy atom. The summed E-state index contributed by atoms with van der Waals surface area (Å²) in [5.41, 5.74) is -0.0998. The van der Waals surface area contributed by atoms with E-state index in [1.165, 1.54) is 0 Å². The first kappa shape index (κ1) is 20.2. The molecule has 146 valence electrons. The molecule has 1 aliphatic rings. The van der Waals surface area contributed by atoms with Crippen LogP contribution in [0.1, 0.15) is 44.2 Å². The number of benzene rings is 1. The Morgan fingerprint density at radius 2 is 2.04 bits per heavy atom. The number of carbonyl (C=O) groups is 2. The maximum absolute atomic E-state index is 12.8. The third-order valence-corrected chi connectivity index (χ3v) is 5.61. The number of allylic oxidation sites excluding steroid dienone is 2. The average Bonchev–Trinajstić information content (AvgIpc) is 3.05. The summed E-state index contributed by atoms with van der Waals surface area (Å²) >= 11 is 5.99. The van der Waals surface area contributed by atoms with E-state index in [2.05, 4.69) is 0 Å². The van der Waals surface area contributed by atoms with Crippen molar-refractivity contribution >= 4 is 34.3 Å². The second kappa shape index (κ2) is 7.10. The molecule has 1 aromatic carbocycles. The van der Waals surface area contributed by atoms with E-state index in [4.69, 9.17) is 16.0 Å². The number of hydrogen-bond donors (Lipinski definition) is 0. The number of fused-ring (bicyclic) bond motifs is 1. The van der Waals surface area contributed by atoms with Gasteiger partial charge in [-0.15, -0.1) is 0 Å². The van der Waals surface area contributed by atoms with Crippen LogP contribution in [0, 0.1) is 22.2 Å². The Balaban J connectivity index is 1.74. The predicted molar refractivity (Wildman–Crippen MR) is 108 cm³/mol. The molecule has 1 amide bonds. The number of nitriles is 1. The van der Waals surface area contributed by atoms with Gasteiger partial charge in [-0.2, -0.15) is 5.26 Å². The SMILES string of the molecule is CN(CC[C@]1(C)C=C(C#N)C(=O)C(C)(C)C1)C(=O)c1cc2cc(Cl)ccc2o1. The summed E-state index contributed by atoms with van der Waals surface area (Å²) in [6.45, 7) is 6.24. The molecule has 28 heavy (non-hydrogen) atoms. The summed E-state index contributed by atoms with van der Waals surface area (Å²) in [6.07, 6.45) is 3.04. The largest absolute Gasteiger partial charge is 0.451 e. The minimum Gasteiger partial charge on any atom is -0.451 e. The molecule has 0 saturated carbocycles. The van der Waals surface area contributed by atoms with Crippen molar-refractivity contribution in [3.8, 4) is 6.07 Å². The van der Waals surface area contributed by atoms with Crippen molar-refractivity contribution in [3.05, 3.63) is 46.7 Å². The normalized spacial score (nSPS) is 21.3.